The van der Waals surface area contributed by atoms with Crippen LogP contribution in [-0.2, 0) is 29.3 Å². The van der Waals surface area contributed by atoms with Crippen LogP contribution in [0.5, 0.6) is 0 Å². The molecule has 250 valence electrons. The van der Waals surface area contributed by atoms with Gasteiger partial charge in [-0.05, 0) is 74.6 Å². The summed E-state index contributed by atoms with van der Waals surface area (Å²) in [6.45, 7) is 18.1. The molecular weight excluding hydrogens is 591 g/mol. The van der Waals surface area contributed by atoms with Crippen LogP contribution in [0.25, 0.3) is 16.9 Å². The molecule has 1 aliphatic heterocycles. The minimum atomic E-state index is 0. The van der Waals surface area contributed by atoms with E-state index in [1.807, 2.05) is 0 Å². The van der Waals surface area contributed by atoms with Crippen LogP contribution in [0.1, 0.15) is 140 Å². The molecule has 2 aromatic rings. The van der Waals surface area contributed by atoms with Gasteiger partial charge in [0.05, 0.1) is 0 Å². The van der Waals surface area contributed by atoms with E-state index >= 15 is 0 Å². The van der Waals surface area contributed by atoms with Crippen LogP contribution in [0.15, 0.2) is 84.5 Å². The minimum absolute atomic E-state index is 0. The molecular formula is C42H62N2Ni. The Hall–Kier alpha value is -2.51. The Bertz CT molecular complexity index is 1180. The van der Waals surface area contributed by atoms with E-state index in [9.17, 15) is 5.53 Å². The fraction of sp³-hybridized carbons (Fsp3) is 0.476. The zero-order chi connectivity index (χ0) is 32.4. The molecule has 0 saturated heterocycles. The second-order valence-corrected chi connectivity index (χ2v) is 11.4. The van der Waals surface area contributed by atoms with E-state index in [0.717, 1.165) is 93.2 Å². The van der Waals surface area contributed by atoms with Crippen molar-refractivity contribution in [2.75, 3.05) is 0 Å². The predicted molar refractivity (Wildman–Crippen MR) is 196 cm³/mol. The monoisotopic (exact) mass is 652 g/mol. The first-order valence-electron chi connectivity index (χ1n) is 17.5. The Morgan fingerprint density at radius 3 is 1.51 bits per heavy atom. The first-order valence-corrected chi connectivity index (χ1v) is 17.5. The molecule has 0 aliphatic carbocycles. The van der Waals surface area contributed by atoms with Gasteiger partial charge in [0.2, 0.25) is 11.4 Å². The summed E-state index contributed by atoms with van der Waals surface area (Å²) in [4.78, 5) is 0. The molecule has 0 unspecified atom stereocenters. The van der Waals surface area contributed by atoms with Crippen molar-refractivity contribution in [3.8, 4) is 0 Å². The Balaban J connectivity index is 0.00000192. The Morgan fingerprint density at radius 2 is 1.04 bits per heavy atom. The molecule has 0 spiro atoms. The number of nitrogens with zero attached hydrogens (tertiary/aromatic N) is 2. The summed E-state index contributed by atoms with van der Waals surface area (Å²) in [6.07, 6.45) is 27.8. The Labute approximate surface area is 288 Å². The van der Waals surface area contributed by atoms with Crippen LogP contribution in [0.4, 0.5) is 0 Å². The molecule has 3 heteroatoms. The normalized spacial score (nSPS) is 12.5. The molecule has 0 atom stereocenters. The topological polar surface area (TPSA) is 25.3 Å². The van der Waals surface area contributed by atoms with Gasteiger partial charge in [-0.1, -0.05) is 127 Å². The molecule has 45 heavy (non-hydrogen) atoms. The number of hydrogen-bond acceptors (Lipinski definition) is 0. The van der Waals surface area contributed by atoms with Crippen LogP contribution < -0.4 is 0 Å². The summed E-state index contributed by atoms with van der Waals surface area (Å²) in [5.74, 6) is 0. The average Bonchev–Trinajstić information content (AvgIpc) is 3.39. The van der Waals surface area contributed by atoms with Gasteiger partial charge in [-0.3, -0.25) is 0 Å². The second-order valence-electron chi connectivity index (χ2n) is 11.4. The van der Waals surface area contributed by atoms with Gasteiger partial charge in [-0.25, -0.2) is 4.70 Å². The van der Waals surface area contributed by atoms with E-state index in [4.69, 9.17) is 0 Å². The van der Waals surface area contributed by atoms with Crippen LogP contribution in [0, 0.1) is 13.8 Å². The van der Waals surface area contributed by atoms with Gasteiger partial charge in [0, 0.05) is 22.8 Å². The molecule has 2 nitrogen and oxygen atoms in total. The summed E-state index contributed by atoms with van der Waals surface area (Å²) in [6, 6.07) is 17.2. The number of aryl methyl sites for hydroxylation is 2. The van der Waals surface area contributed by atoms with Gasteiger partial charge in [0.1, 0.15) is 0 Å². The van der Waals surface area contributed by atoms with Gasteiger partial charge >= 0.3 is 16.5 Å². The molecule has 3 rings (SSSR count). The zero-order valence-electron chi connectivity index (χ0n) is 29.2. The van der Waals surface area contributed by atoms with Crippen LogP contribution in [-0.4, -0.2) is 4.70 Å². The number of allylic oxidation sites excluding steroid dienone is 6. The van der Waals surface area contributed by atoms with E-state index in [2.05, 4.69) is 127 Å². The SMILES string of the molecule is CCCC=CCCc1ccccc1C1=CC(CCCC)=C(c2ccccc2CCC=CCCC)[N+]1=[N-].[CH2-]CCC.[CH2-]CCC.[Ni+2]. The van der Waals surface area contributed by atoms with Gasteiger partial charge < -0.3 is 19.4 Å². The fourth-order valence-corrected chi connectivity index (χ4v) is 4.83. The summed E-state index contributed by atoms with van der Waals surface area (Å²) >= 11 is 0. The first-order chi connectivity index (χ1) is 21.5. The summed E-state index contributed by atoms with van der Waals surface area (Å²) in [7, 11) is 0. The second kappa shape index (κ2) is 27.8. The summed E-state index contributed by atoms with van der Waals surface area (Å²) in [5, 5.41) is 0. The van der Waals surface area contributed by atoms with Crippen molar-refractivity contribution >= 4 is 11.4 Å². The smallest absolute Gasteiger partial charge is 0.493 e. The minimum Gasteiger partial charge on any atom is -0.493 e. The first kappa shape index (κ1) is 42.5. The predicted octanol–water partition coefficient (Wildman–Crippen LogP) is 13.5. The molecule has 0 amide bonds. The van der Waals surface area contributed by atoms with Crippen molar-refractivity contribution in [3.63, 3.8) is 0 Å². The number of benzene rings is 2. The van der Waals surface area contributed by atoms with Gasteiger partial charge in [-0.15, -0.1) is 0 Å². The van der Waals surface area contributed by atoms with Crippen molar-refractivity contribution in [1.82, 2.24) is 0 Å². The quantitative estimate of drug-likeness (QED) is 0.0703. The molecule has 0 aromatic heterocycles. The van der Waals surface area contributed by atoms with Crippen molar-refractivity contribution in [2.24, 2.45) is 0 Å². The van der Waals surface area contributed by atoms with Crippen molar-refractivity contribution in [2.45, 2.75) is 131 Å². The van der Waals surface area contributed by atoms with E-state index in [1.54, 1.807) is 0 Å². The van der Waals surface area contributed by atoms with Crippen LogP contribution in [0.3, 0.4) is 0 Å². The maximum absolute atomic E-state index is 11.6. The van der Waals surface area contributed by atoms with E-state index < -0.39 is 0 Å². The zero-order valence-corrected chi connectivity index (χ0v) is 30.2. The van der Waals surface area contributed by atoms with Gasteiger partial charge in [0.25, 0.3) is 0 Å². The molecule has 0 radical (unpaired) electrons. The van der Waals surface area contributed by atoms with Crippen molar-refractivity contribution in [3.05, 3.63) is 126 Å². The summed E-state index contributed by atoms with van der Waals surface area (Å²) in [5.41, 5.74) is 19.6. The Morgan fingerprint density at radius 1 is 0.600 bits per heavy atom. The van der Waals surface area contributed by atoms with Gasteiger partial charge in [0.15, 0.2) is 0 Å². The summed E-state index contributed by atoms with van der Waals surface area (Å²) < 4.78 is 1.47. The number of unbranched alkanes of at least 4 members (excludes halogenated alkanes) is 5. The number of rotatable bonds is 17. The van der Waals surface area contributed by atoms with Crippen molar-refractivity contribution in [1.29, 1.82) is 0 Å². The van der Waals surface area contributed by atoms with Crippen molar-refractivity contribution < 1.29 is 21.2 Å². The van der Waals surface area contributed by atoms with E-state index in [1.165, 1.54) is 47.1 Å². The van der Waals surface area contributed by atoms with Gasteiger partial charge in [-0.2, -0.15) is 12.8 Å². The molecule has 1 heterocycles. The molecule has 0 N–H and O–H groups in total. The third-order valence-corrected chi connectivity index (χ3v) is 7.53. The van der Waals surface area contributed by atoms with E-state index in [-0.39, 0.29) is 16.5 Å². The third kappa shape index (κ3) is 16.1. The van der Waals surface area contributed by atoms with Crippen LogP contribution >= 0.6 is 0 Å². The maximum atomic E-state index is 11.6. The molecule has 0 fully saturated rings. The Kier molecular flexibility index (Phi) is 26.2. The molecule has 1 aliphatic rings. The molecule has 0 bridgehead atoms. The largest absolute Gasteiger partial charge is 2.00 e. The molecule has 0 saturated carbocycles. The molecule has 2 aromatic carbocycles. The van der Waals surface area contributed by atoms with E-state index in [0.29, 0.717) is 0 Å². The standard InChI is InChI=1S/C34H44N2.2C4H9.Ni/c1-4-7-10-12-14-21-28-23-16-18-25-31(28)33-27-30(20-9-6-3)34(36(33)35)32-26-19-17-24-29(32)22-15-13-11-8-5-2;2*1-3-4-2;/h10-13,16-19,23-27H,4-9,14-15,20-22H2,1-3H3;2*1,3-4H2,2H3;/q;2*-1;+2. The fourth-order valence-electron chi connectivity index (χ4n) is 4.83. The maximum Gasteiger partial charge on any atom is 2.00 e. The third-order valence-electron chi connectivity index (χ3n) is 7.53. The number of hydrogen-bond donors (Lipinski definition) is 0. The van der Waals surface area contributed by atoms with Crippen LogP contribution in [0.2, 0.25) is 0 Å². The average molecular weight is 654 g/mol.